The normalized spacial score (nSPS) is 17.0. The highest BCUT2D eigenvalue weighted by molar-refractivity contribution is 6.12. The van der Waals surface area contributed by atoms with Crippen LogP contribution in [0.5, 0.6) is 0 Å². The van der Waals surface area contributed by atoms with Crippen LogP contribution < -0.4 is 9.80 Å². The molecule has 1 fully saturated rings. The van der Waals surface area contributed by atoms with Gasteiger partial charge in [0.1, 0.15) is 5.82 Å². The predicted molar refractivity (Wildman–Crippen MR) is 124 cm³/mol. The van der Waals surface area contributed by atoms with E-state index in [2.05, 4.69) is 32.2 Å². The van der Waals surface area contributed by atoms with E-state index in [1.165, 1.54) is 0 Å². The molecular weight excluding hydrogens is 400 g/mol. The summed E-state index contributed by atoms with van der Waals surface area (Å²) in [6.45, 7) is 10.4. The zero-order chi connectivity index (χ0) is 22.5. The van der Waals surface area contributed by atoms with Gasteiger partial charge < -0.3 is 4.90 Å². The van der Waals surface area contributed by atoms with Crippen LogP contribution in [-0.4, -0.2) is 32.4 Å². The number of fused-ring (bicyclic) bond motifs is 1. The summed E-state index contributed by atoms with van der Waals surface area (Å²) < 4.78 is 0. The van der Waals surface area contributed by atoms with E-state index in [0.29, 0.717) is 11.6 Å². The van der Waals surface area contributed by atoms with Crippen molar-refractivity contribution in [1.29, 1.82) is 0 Å². The van der Waals surface area contributed by atoms with Gasteiger partial charge in [0.15, 0.2) is 11.6 Å². The number of amides is 1. The zero-order valence-corrected chi connectivity index (χ0v) is 18.5. The second-order valence-electron chi connectivity index (χ2n) is 8.63. The summed E-state index contributed by atoms with van der Waals surface area (Å²) in [7, 11) is 0. The van der Waals surface area contributed by atoms with Crippen LogP contribution in [0, 0.1) is 6.92 Å². The molecule has 2 aliphatic heterocycles. The van der Waals surface area contributed by atoms with Crippen LogP contribution >= 0.6 is 0 Å². The molecule has 0 radical (unpaired) electrons. The first-order valence-corrected chi connectivity index (χ1v) is 10.7. The Labute approximate surface area is 187 Å². The van der Waals surface area contributed by atoms with Crippen molar-refractivity contribution in [1.82, 2.24) is 19.9 Å². The molecule has 3 aromatic rings. The van der Waals surface area contributed by atoms with Crippen molar-refractivity contribution in [2.24, 2.45) is 0 Å². The minimum absolute atomic E-state index is 0.0304. The third-order valence-electron chi connectivity index (χ3n) is 6.20. The molecule has 7 heteroatoms. The van der Waals surface area contributed by atoms with Crippen LogP contribution in [0.2, 0.25) is 0 Å². The van der Waals surface area contributed by atoms with Gasteiger partial charge in [-0.05, 0) is 50.8 Å². The third kappa shape index (κ3) is 3.10. The number of carbonyl (C=O) groups is 1. The number of aryl methyl sites for hydroxylation is 1. The summed E-state index contributed by atoms with van der Waals surface area (Å²) in [6.07, 6.45) is 8.89. The lowest BCUT2D eigenvalue weighted by atomic mass is 9.85. The van der Waals surface area contributed by atoms with Crippen molar-refractivity contribution in [3.63, 3.8) is 0 Å². The molecule has 2 aromatic heterocycles. The molecule has 160 valence electrons. The Hall–Kier alpha value is -3.83. The van der Waals surface area contributed by atoms with Crippen molar-refractivity contribution in [2.75, 3.05) is 16.3 Å². The predicted octanol–water partition coefficient (Wildman–Crippen LogP) is 4.47. The molecule has 4 heterocycles. The van der Waals surface area contributed by atoms with Gasteiger partial charge in [0.25, 0.3) is 0 Å². The number of benzene rings is 1. The van der Waals surface area contributed by atoms with Gasteiger partial charge in [-0.2, -0.15) is 0 Å². The molecule has 0 aliphatic carbocycles. The molecule has 5 rings (SSSR count). The quantitative estimate of drug-likeness (QED) is 0.578. The monoisotopic (exact) mass is 424 g/mol. The maximum Gasteiger partial charge on any atom is 0.242 e. The number of aromatic nitrogens is 4. The highest BCUT2D eigenvalue weighted by Gasteiger charge is 2.45. The molecule has 0 N–H and O–H groups in total. The number of anilines is 3. The zero-order valence-electron chi connectivity index (χ0n) is 18.5. The molecule has 2 aliphatic rings. The molecule has 0 bridgehead atoms. The van der Waals surface area contributed by atoms with Crippen molar-refractivity contribution in [2.45, 2.75) is 39.0 Å². The number of carbonyl (C=O) groups excluding carboxylic acids is 1. The van der Waals surface area contributed by atoms with Gasteiger partial charge in [0.2, 0.25) is 5.91 Å². The Kier molecular flexibility index (Phi) is 4.64. The largest absolute Gasteiger partial charge is 0.322 e. The average Bonchev–Trinajstić information content (AvgIpc) is 3.35. The highest BCUT2D eigenvalue weighted by atomic mass is 16.2. The fourth-order valence-corrected chi connectivity index (χ4v) is 4.39. The number of hydrogen-bond acceptors (Lipinski definition) is 6. The topological polar surface area (TPSA) is 75.1 Å². The second-order valence-corrected chi connectivity index (χ2v) is 8.63. The van der Waals surface area contributed by atoms with Crippen molar-refractivity contribution in [3.8, 4) is 11.1 Å². The smallest absolute Gasteiger partial charge is 0.242 e. The number of nitrogens with zero attached hydrogens (tertiary/aromatic N) is 6. The second kappa shape index (κ2) is 7.39. The lowest BCUT2D eigenvalue weighted by molar-refractivity contribution is -0.121. The molecular formula is C25H24N6O. The van der Waals surface area contributed by atoms with E-state index in [1.54, 1.807) is 29.7 Å². The highest BCUT2D eigenvalue weighted by Crippen LogP contribution is 2.46. The van der Waals surface area contributed by atoms with Crippen LogP contribution in [-0.2, 0) is 10.2 Å². The van der Waals surface area contributed by atoms with Gasteiger partial charge >= 0.3 is 0 Å². The minimum atomic E-state index is -0.671. The SMILES string of the molecule is C=C=C1CCCN1c1cncc(N2C(=O)C(C)(C)c3ccc(-c4cnc(C)nc4)cc32)n1. The van der Waals surface area contributed by atoms with Crippen LogP contribution in [0.4, 0.5) is 17.3 Å². The maximum absolute atomic E-state index is 13.5. The number of allylic oxidation sites excluding steroid dienone is 1. The van der Waals surface area contributed by atoms with E-state index in [-0.39, 0.29) is 5.91 Å². The van der Waals surface area contributed by atoms with E-state index in [9.17, 15) is 4.79 Å². The van der Waals surface area contributed by atoms with Crippen molar-refractivity contribution >= 4 is 23.2 Å². The summed E-state index contributed by atoms with van der Waals surface area (Å²) >= 11 is 0. The van der Waals surface area contributed by atoms with Gasteiger partial charge in [-0.3, -0.25) is 14.7 Å². The molecule has 0 spiro atoms. The fraction of sp³-hybridized carbons (Fsp3) is 0.280. The summed E-state index contributed by atoms with van der Waals surface area (Å²) in [5, 5.41) is 0. The molecule has 32 heavy (non-hydrogen) atoms. The van der Waals surface area contributed by atoms with E-state index >= 15 is 0 Å². The lowest BCUT2D eigenvalue weighted by Gasteiger charge is -2.22. The molecule has 0 unspecified atom stereocenters. The van der Waals surface area contributed by atoms with Gasteiger partial charge in [-0.15, -0.1) is 5.73 Å². The Morgan fingerprint density at radius 2 is 1.81 bits per heavy atom. The van der Waals surface area contributed by atoms with Crippen molar-refractivity contribution < 1.29 is 4.79 Å². The maximum atomic E-state index is 13.5. The van der Waals surface area contributed by atoms with Gasteiger partial charge in [-0.25, -0.2) is 15.0 Å². The van der Waals surface area contributed by atoms with Crippen molar-refractivity contribution in [3.05, 3.63) is 72.4 Å². The van der Waals surface area contributed by atoms with Gasteiger partial charge in [0, 0.05) is 24.5 Å². The Balaban J connectivity index is 1.61. The molecule has 1 aromatic carbocycles. The van der Waals surface area contributed by atoms with E-state index in [0.717, 1.165) is 53.3 Å². The fourth-order valence-electron chi connectivity index (χ4n) is 4.39. The lowest BCUT2D eigenvalue weighted by Crippen LogP contribution is -2.33. The number of rotatable bonds is 3. The third-order valence-corrected chi connectivity index (χ3v) is 6.20. The van der Waals surface area contributed by atoms with Crippen LogP contribution in [0.15, 0.2) is 61.0 Å². The first kappa shape index (κ1) is 20.1. The Morgan fingerprint density at radius 1 is 1.06 bits per heavy atom. The minimum Gasteiger partial charge on any atom is -0.322 e. The van der Waals surface area contributed by atoms with Crippen LogP contribution in [0.25, 0.3) is 11.1 Å². The molecule has 0 saturated carbocycles. The summed E-state index contributed by atoms with van der Waals surface area (Å²) in [5.41, 5.74) is 6.94. The van der Waals surface area contributed by atoms with E-state index in [4.69, 9.17) is 4.98 Å². The average molecular weight is 425 g/mol. The summed E-state index contributed by atoms with van der Waals surface area (Å²) in [5.74, 6) is 1.90. The first-order chi connectivity index (χ1) is 15.4. The molecule has 0 atom stereocenters. The number of hydrogen-bond donors (Lipinski definition) is 0. The Morgan fingerprint density at radius 3 is 2.56 bits per heavy atom. The van der Waals surface area contributed by atoms with Crippen LogP contribution in [0.1, 0.15) is 38.1 Å². The van der Waals surface area contributed by atoms with Gasteiger partial charge in [0.05, 0.1) is 29.2 Å². The summed E-state index contributed by atoms with van der Waals surface area (Å²) in [4.78, 5) is 35.1. The summed E-state index contributed by atoms with van der Waals surface area (Å²) in [6, 6.07) is 6.03. The Bertz CT molecular complexity index is 1270. The van der Waals surface area contributed by atoms with E-state index in [1.807, 2.05) is 39.0 Å². The van der Waals surface area contributed by atoms with Gasteiger partial charge in [-0.1, -0.05) is 18.7 Å². The molecule has 1 saturated heterocycles. The standard InChI is InChI=1S/C25H24N6O/c1-5-19-7-6-10-30(19)22-14-26-15-23(29-22)31-21-11-17(18-12-27-16(2)28-13-18)8-9-20(21)25(3,4)24(31)32/h8-9,11-15H,1,6-7,10H2,2-4H3. The molecule has 1 amide bonds. The van der Waals surface area contributed by atoms with E-state index < -0.39 is 5.41 Å². The van der Waals surface area contributed by atoms with Crippen LogP contribution in [0.3, 0.4) is 0 Å². The molecule has 7 nitrogen and oxygen atoms in total. The first-order valence-electron chi connectivity index (χ1n) is 10.7.